The van der Waals surface area contributed by atoms with Crippen LogP contribution < -0.4 is 11.1 Å². The number of benzene rings is 1. The molecule has 0 atom stereocenters. The normalized spacial score (nSPS) is 10.7. The van der Waals surface area contributed by atoms with Crippen LogP contribution in [0, 0.1) is 10.1 Å². The van der Waals surface area contributed by atoms with Crippen molar-refractivity contribution in [1.82, 2.24) is 9.55 Å². The highest BCUT2D eigenvalue weighted by atomic mass is 16.6. The molecule has 1 aromatic heterocycles. The zero-order valence-corrected chi connectivity index (χ0v) is 12.4. The Morgan fingerprint density at radius 1 is 1.39 bits per heavy atom. The lowest BCUT2D eigenvalue weighted by Gasteiger charge is -2.09. The number of hydrogen-bond acceptors (Lipinski definition) is 6. The molecule has 0 radical (unpaired) electrons. The molecule has 0 unspecified atom stereocenters. The van der Waals surface area contributed by atoms with Gasteiger partial charge in [-0.25, -0.2) is 0 Å². The first-order chi connectivity index (χ1) is 10.9. The van der Waals surface area contributed by atoms with Crippen LogP contribution in [0.25, 0.3) is 11.0 Å². The minimum atomic E-state index is -0.867. The van der Waals surface area contributed by atoms with Crippen LogP contribution in [0.5, 0.6) is 0 Å². The number of aryl methyl sites for hydroxylation is 1. The van der Waals surface area contributed by atoms with Crippen molar-refractivity contribution >= 4 is 22.7 Å². The summed E-state index contributed by atoms with van der Waals surface area (Å²) in [6, 6.07) is 3.84. The Morgan fingerprint density at radius 3 is 2.78 bits per heavy atom. The molecule has 0 saturated heterocycles. The second-order valence-electron chi connectivity index (χ2n) is 4.78. The van der Waals surface area contributed by atoms with Crippen LogP contribution in [-0.4, -0.2) is 27.1 Å². The summed E-state index contributed by atoms with van der Waals surface area (Å²) in [5, 5.41) is 10.8. The number of aromatic nitrogens is 2. The van der Waals surface area contributed by atoms with Crippen molar-refractivity contribution in [3.63, 3.8) is 0 Å². The maximum atomic E-state index is 12.0. The van der Waals surface area contributed by atoms with Gasteiger partial charge in [0.05, 0.1) is 22.6 Å². The number of esters is 1. The fraction of sp³-hybridized carbons (Fsp3) is 0.357. The molecular formula is C14H15N3O6. The molecule has 9 nitrogen and oxygen atoms in total. The molecule has 1 heterocycles. The summed E-state index contributed by atoms with van der Waals surface area (Å²) in [5.41, 5.74) is -1.27. The Kier molecular flexibility index (Phi) is 4.89. The summed E-state index contributed by atoms with van der Waals surface area (Å²) >= 11 is 0. The van der Waals surface area contributed by atoms with Crippen LogP contribution in [0.15, 0.2) is 27.8 Å². The van der Waals surface area contributed by atoms with E-state index in [0.29, 0.717) is 11.9 Å². The molecule has 0 aliphatic heterocycles. The largest absolute Gasteiger partial charge is 0.466 e. The minimum absolute atomic E-state index is 0.113. The number of aromatic amines is 1. The van der Waals surface area contributed by atoms with Gasteiger partial charge in [-0.1, -0.05) is 0 Å². The lowest BCUT2D eigenvalue weighted by atomic mass is 10.2. The van der Waals surface area contributed by atoms with Crippen molar-refractivity contribution in [3.05, 3.63) is 49.0 Å². The third kappa shape index (κ3) is 3.62. The van der Waals surface area contributed by atoms with Gasteiger partial charge in [0, 0.05) is 25.1 Å². The third-order valence-corrected chi connectivity index (χ3v) is 3.24. The number of nitro benzene ring substituents is 1. The molecule has 0 amide bonds. The Morgan fingerprint density at radius 2 is 2.13 bits per heavy atom. The Balaban J connectivity index is 2.36. The van der Waals surface area contributed by atoms with E-state index >= 15 is 0 Å². The van der Waals surface area contributed by atoms with Gasteiger partial charge in [0.15, 0.2) is 0 Å². The van der Waals surface area contributed by atoms with Crippen LogP contribution >= 0.6 is 0 Å². The summed E-state index contributed by atoms with van der Waals surface area (Å²) in [5.74, 6) is -0.384. The maximum Gasteiger partial charge on any atom is 0.316 e. The molecule has 1 aromatic carbocycles. The molecule has 0 bridgehead atoms. The van der Waals surface area contributed by atoms with Crippen LogP contribution in [0.1, 0.15) is 19.8 Å². The molecule has 0 spiro atoms. The molecule has 2 aromatic rings. The molecule has 0 aliphatic carbocycles. The summed E-state index contributed by atoms with van der Waals surface area (Å²) in [7, 11) is 0. The van der Waals surface area contributed by atoms with E-state index in [1.165, 1.54) is 22.8 Å². The summed E-state index contributed by atoms with van der Waals surface area (Å²) in [6.45, 7) is 2.10. The molecule has 122 valence electrons. The first-order valence-electron chi connectivity index (χ1n) is 7.01. The second kappa shape index (κ2) is 6.86. The molecule has 2 rings (SSSR count). The van der Waals surface area contributed by atoms with Crippen molar-refractivity contribution < 1.29 is 14.5 Å². The highest BCUT2D eigenvalue weighted by molar-refractivity contribution is 5.77. The van der Waals surface area contributed by atoms with Gasteiger partial charge in [-0.2, -0.15) is 0 Å². The lowest BCUT2D eigenvalue weighted by molar-refractivity contribution is -0.384. The quantitative estimate of drug-likeness (QED) is 0.365. The third-order valence-electron chi connectivity index (χ3n) is 3.24. The Hall–Kier alpha value is -2.97. The van der Waals surface area contributed by atoms with E-state index in [4.69, 9.17) is 4.74 Å². The summed E-state index contributed by atoms with van der Waals surface area (Å²) < 4.78 is 6.00. The van der Waals surface area contributed by atoms with Gasteiger partial charge >= 0.3 is 17.1 Å². The average Bonchev–Trinajstić information content (AvgIpc) is 2.50. The van der Waals surface area contributed by atoms with Crippen LogP contribution in [0.4, 0.5) is 5.69 Å². The van der Waals surface area contributed by atoms with Crippen molar-refractivity contribution in [1.29, 1.82) is 0 Å². The van der Waals surface area contributed by atoms with Crippen LogP contribution in [0.3, 0.4) is 0 Å². The van der Waals surface area contributed by atoms with E-state index < -0.39 is 16.0 Å². The number of carbonyl (C=O) groups excluding carboxylic acids is 1. The molecule has 23 heavy (non-hydrogen) atoms. The van der Waals surface area contributed by atoms with Gasteiger partial charge in [0.1, 0.15) is 0 Å². The van der Waals surface area contributed by atoms with Gasteiger partial charge in [-0.05, 0) is 19.4 Å². The van der Waals surface area contributed by atoms with E-state index in [-0.39, 0.29) is 36.7 Å². The first-order valence-corrected chi connectivity index (χ1v) is 7.01. The smallest absolute Gasteiger partial charge is 0.316 e. The van der Waals surface area contributed by atoms with E-state index in [1.807, 2.05) is 0 Å². The van der Waals surface area contributed by atoms with Gasteiger partial charge in [-0.3, -0.25) is 24.5 Å². The zero-order chi connectivity index (χ0) is 17.0. The molecule has 0 fully saturated rings. The number of ether oxygens (including phenoxy) is 1. The fourth-order valence-electron chi connectivity index (χ4n) is 2.22. The minimum Gasteiger partial charge on any atom is -0.466 e. The van der Waals surface area contributed by atoms with Crippen LogP contribution in [0.2, 0.25) is 0 Å². The first kappa shape index (κ1) is 16.4. The van der Waals surface area contributed by atoms with E-state index in [1.54, 1.807) is 6.92 Å². The van der Waals surface area contributed by atoms with Crippen molar-refractivity contribution in [2.45, 2.75) is 26.3 Å². The van der Waals surface area contributed by atoms with Crippen molar-refractivity contribution in [2.75, 3.05) is 6.61 Å². The number of H-pyrrole nitrogens is 1. The average molecular weight is 321 g/mol. The van der Waals surface area contributed by atoms with E-state index in [0.717, 1.165) is 0 Å². The predicted octanol–water partition coefficient (Wildman–Crippen LogP) is 0.941. The summed E-state index contributed by atoms with van der Waals surface area (Å²) in [4.78, 5) is 47.5. The predicted molar refractivity (Wildman–Crippen MR) is 81.4 cm³/mol. The topological polar surface area (TPSA) is 124 Å². The van der Waals surface area contributed by atoms with Gasteiger partial charge in [-0.15, -0.1) is 0 Å². The maximum absolute atomic E-state index is 12.0. The number of fused-ring (bicyclic) bond motifs is 1. The van der Waals surface area contributed by atoms with Crippen LogP contribution in [-0.2, 0) is 16.1 Å². The highest BCUT2D eigenvalue weighted by Crippen LogP contribution is 2.17. The van der Waals surface area contributed by atoms with Gasteiger partial charge in [0.25, 0.3) is 5.69 Å². The molecule has 9 heteroatoms. The monoisotopic (exact) mass is 321 g/mol. The number of nitro groups is 1. The highest BCUT2D eigenvalue weighted by Gasteiger charge is 2.12. The second-order valence-corrected chi connectivity index (χ2v) is 4.78. The number of nitrogens with zero attached hydrogens (tertiary/aromatic N) is 2. The van der Waals surface area contributed by atoms with Crippen molar-refractivity contribution in [3.8, 4) is 0 Å². The van der Waals surface area contributed by atoms with E-state index in [2.05, 4.69) is 4.98 Å². The van der Waals surface area contributed by atoms with E-state index in [9.17, 15) is 24.5 Å². The standard InChI is InChI=1S/C14H15N3O6/c1-2-23-12(18)4-3-7-16-11-6-5-9(17(21)22)8-10(11)15-13(19)14(16)20/h5-6,8H,2-4,7H2,1H3,(H,15,19). The molecule has 1 N–H and O–H groups in total. The fourth-order valence-corrected chi connectivity index (χ4v) is 2.22. The molecular weight excluding hydrogens is 306 g/mol. The van der Waals surface area contributed by atoms with Gasteiger partial charge in [0.2, 0.25) is 0 Å². The Bertz CT molecular complexity index is 867. The number of nitrogens with one attached hydrogen (secondary N) is 1. The lowest BCUT2D eigenvalue weighted by Crippen LogP contribution is -2.36. The number of non-ortho nitro benzene ring substituents is 1. The number of hydrogen-bond donors (Lipinski definition) is 1. The van der Waals surface area contributed by atoms with Gasteiger partial charge < -0.3 is 14.3 Å². The summed E-state index contributed by atoms with van der Waals surface area (Å²) in [6.07, 6.45) is 0.426. The molecule has 0 aliphatic rings. The molecule has 0 saturated carbocycles. The SMILES string of the molecule is CCOC(=O)CCCn1c(=O)c(=O)[nH]c2cc([N+](=O)[O-])ccc21. The Labute approximate surface area is 129 Å². The number of carbonyl (C=O) groups is 1. The zero-order valence-electron chi connectivity index (χ0n) is 12.4. The van der Waals surface area contributed by atoms with Crippen molar-refractivity contribution in [2.24, 2.45) is 0 Å². The number of rotatable bonds is 6.